The summed E-state index contributed by atoms with van der Waals surface area (Å²) in [6.45, 7) is 5.96. The van der Waals surface area contributed by atoms with Crippen LogP contribution >= 0.6 is 0 Å². The molecule has 2 aromatic rings. The Kier molecular flexibility index (Phi) is 4.49. The number of anilines is 1. The zero-order chi connectivity index (χ0) is 15.6. The van der Waals surface area contributed by atoms with E-state index in [1.165, 1.54) is 0 Å². The molecule has 0 aliphatic carbocycles. The molecule has 0 radical (unpaired) electrons. The molecule has 3 N–H and O–H groups in total. The fraction of sp³-hybridized carbons (Fsp3) is 0.400. The smallest absolute Gasteiger partial charge is 0.240 e. The lowest BCUT2D eigenvalue weighted by Gasteiger charge is -2.19. The molecular weight excluding hydrogens is 286 g/mol. The predicted octanol–water partition coefficient (Wildman–Crippen LogP) is 2.53. The Morgan fingerprint density at radius 1 is 1.24 bits per heavy atom. The van der Waals surface area contributed by atoms with Gasteiger partial charge in [-0.05, 0) is 43.2 Å². The van der Waals surface area contributed by atoms with Crippen LogP contribution in [0, 0.1) is 5.92 Å². The van der Waals surface area contributed by atoms with Gasteiger partial charge in [-0.3, -0.25) is 0 Å². The van der Waals surface area contributed by atoms with E-state index in [4.69, 9.17) is 5.73 Å². The third kappa shape index (κ3) is 3.51. The Hall–Kier alpha value is -1.66. The van der Waals surface area contributed by atoms with E-state index < -0.39 is 10.0 Å². The molecule has 21 heavy (non-hydrogen) atoms. The number of hydrogen-bond donors (Lipinski definition) is 2. The molecule has 0 amide bonds. The molecule has 114 valence electrons. The molecule has 0 saturated heterocycles. The highest BCUT2D eigenvalue weighted by molar-refractivity contribution is 7.89. The van der Waals surface area contributed by atoms with Crippen molar-refractivity contribution in [1.82, 2.24) is 9.71 Å². The number of aromatic nitrogens is 1. The van der Waals surface area contributed by atoms with Gasteiger partial charge in [-0.1, -0.05) is 20.3 Å². The van der Waals surface area contributed by atoms with Crippen LogP contribution in [0.2, 0.25) is 0 Å². The number of fused-ring (bicyclic) bond motifs is 1. The summed E-state index contributed by atoms with van der Waals surface area (Å²) in [5.74, 6) is 0.698. The molecule has 2 atom stereocenters. The Morgan fingerprint density at radius 2 is 1.95 bits per heavy atom. The van der Waals surface area contributed by atoms with E-state index in [-0.39, 0.29) is 16.9 Å². The number of nitrogens with zero attached hydrogens (tertiary/aromatic N) is 1. The second-order valence-electron chi connectivity index (χ2n) is 5.39. The van der Waals surface area contributed by atoms with E-state index in [1.54, 1.807) is 30.3 Å². The normalized spacial score (nSPS) is 15.0. The minimum Gasteiger partial charge on any atom is -0.384 e. The molecule has 2 unspecified atom stereocenters. The summed E-state index contributed by atoms with van der Waals surface area (Å²) in [5, 5.41) is 0.753. The number of sulfonamides is 1. The van der Waals surface area contributed by atoms with E-state index in [9.17, 15) is 8.42 Å². The monoisotopic (exact) mass is 307 g/mol. The lowest BCUT2D eigenvalue weighted by atomic mass is 10.0. The summed E-state index contributed by atoms with van der Waals surface area (Å²) >= 11 is 0. The topological polar surface area (TPSA) is 85.1 Å². The van der Waals surface area contributed by atoms with Crippen molar-refractivity contribution >= 4 is 26.7 Å². The average Bonchev–Trinajstić information content (AvgIpc) is 2.45. The number of nitrogens with one attached hydrogen (secondary N) is 1. The molecular formula is C15H21N3O2S. The maximum atomic E-state index is 12.4. The minimum absolute atomic E-state index is 0.111. The summed E-state index contributed by atoms with van der Waals surface area (Å²) in [5.41, 5.74) is 6.30. The van der Waals surface area contributed by atoms with E-state index in [0.717, 1.165) is 11.8 Å². The van der Waals surface area contributed by atoms with Gasteiger partial charge < -0.3 is 5.73 Å². The SMILES string of the molecule is CCC(C)C(C)NS(=O)(=O)c1ccc2nc(N)ccc2c1. The molecule has 0 aliphatic heterocycles. The molecule has 0 aliphatic rings. The average molecular weight is 307 g/mol. The molecule has 0 spiro atoms. The number of benzene rings is 1. The van der Waals surface area contributed by atoms with Gasteiger partial charge in [-0.25, -0.2) is 18.1 Å². The van der Waals surface area contributed by atoms with Crippen molar-refractivity contribution in [3.05, 3.63) is 30.3 Å². The second-order valence-corrected chi connectivity index (χ2v) is 7.10. The van der Waals surface area contributed by atoms with E-state index in [1.807, 2.05) is 20.8 Å². The van der Waals surface area contributed by atoms with Gasteiger partial charge in [0.15, 0.2) is 0 Å². The van der Waals surface area contributed by atoms with Crippen LogP contribution in [0.1, 0.15) is 27.2 Å². The molecule has 1 heterocycles. The van der Waals surface area contributed by atoms with Gasteiger partial charge >= 0.3 is 0 Å². The zero-order valence-electron chi connectivity index (χ0n) is 12.5. The first kappa shape index (κ1) is 15.7. The number of hydrogen-bond acceptors (Lipinski definition) is 4. The van der Waals surface area contributed by atoms with Crippen LogP contribution in [-0.4, -0.2) is 19.4 Å². The van der Waals surface area contributed by atoms with E-state index >= 15 is 0 Å². The Morgan fingerprint density at radius 3 is 2.62 bits per heavy atom. The summed E-state index contributed by atoms with van der Waals surface area (Å²) in [6.07, 6.45) is 0.921. The first-order valence-corrected chi connectivity index (χ1v) is 8.50. The van der Waals surface area contributed by atoms with Crippen molar-refractivity contribution in [2.45, 2.75) is 38.1 Å². The third-order valence-electron chi connectivity index (χ3n) is 3.83. The fourth-order valence-electron chi connectivity index (χ4n) is 2.07. The lowest BCUT2D eigenvalue weighted by molar-refractivity contribution is 0.434. The molecule has 5 nitrogen and oxygen atoms in total. The molecule has 1 aromatic carbocycles. The number of rotatable bonds is 5. The van der Waals surface area contributed by atoms with Crippen molar-refractivity contribution in [2.24, 2.45) is 5.92 Å². The summed E-state index contributed by atoms with van der Waals surface area (Å²) < 4.78 is 27.6. The summed E-state index contributed by atoms with van der Waals surface area (Å²) in [7, 11) is -3.53. The largest absolute Gasteiger partial charge is 0.384 e. The molecule has 0 fully saturated rings. The van der Waals surface area contributed by atoms with Crippen molar-refractivity contribution in [1.29, 1.82) is 0 Å². The summed E-state index contributed by atoms with van der Waals surface area (Å²) in [4.78, 5) is 4.41. The maximum absolute atomic E-state index is 12.4. The van der Waals surface area contributed by atoms with Crippen molar-refractivity contribution < 1.29 is 8.42 Å². The molecule has 2 rings (SSSR count). The highest BCUT2D eigenvalue weighted by Gasteiger charge is 2.20. The Balaban J connectivity index is 2.34. The highest BCUT2D eigenvalue weighted by atomic mass is 32.2. The van der Waals surface area contributed by atoms with Gasteiger partial charge in [-0.15, -0.1) is 0 Å². The quantitative estimate of drug-likeness (QED) is 0.889. The Labute approximate surface area is 125 Å². The molecule has 0 bridgehead atoms. The number of pyridine rings is 1. The van der Waals surface area contributed by atoms with Gasteiger partial charge in [-0.2, -0.15) is 0 Å². The molecule has 0 saturated carbocycles. The van der Waals surface area contributed by atoms with Crippen LogP contribution in [0.25, 0.3) is 10.9 Å². The van der Waals surface area contributed by atoms with Crippen LogP contribution in [0.3, 0.4) is 0 Å². The van der Waals surface area contributed by atoms with Crippen molar-refractivity contribution in [3.8, 4) is 0 Å². The Bertz CT molecular complexity index is 744. The van der Waals surface area contributed by atoms with Gasteiger partial charge in [0.1, 0.15) is 5.82 Å². The lowest BCUT2D eigenvalue weighted by Crippen LogP contribution is -2.36. The van der Waals surface area contributed by atoms with Gasteiger partial charge in [0.25, 0.3) is 0 Å². The summed E-state index contributed by atoms with van der Waals surface area (Å²) in [6, 6.07) is 8.17. The maximum Gasteiger partial charge on any atom is 0.240 e. The predicted molar refractivity (Wildman–Crippen MR) is 85.4 cm³/mol. The van der Waals surface area contributed by atoms with Crippen LogP contribution in [0.4, 0.5) is 5.82 Å². The minimum atomic E-state index is -3.53. The number of nitrogen functional groups attached to an aromatic ring is 1. The first-order valence-electron chi connectivity index (χ1n) is 7.02. The standard InChI is InChI=1S/C15H21N3O2S/c1-4-10(2)11(3)18-21(19,20)13-6-7-14-12(9-13)5-8-15(16)17-14/h5-11,18H,4H2,1-3H3,(H2,16,17). The first-order chi connectivity index (χ1) is 9.83. The van der Waals surface area contributed by atoms with Crippen LogP contribution in [0.5, 0.6) is 0 Å². The van der Waals surface area contributed by atoms with Gasteiger partial charge in [0.2, 0.25) is 10.0 Å². The number of nitrogens with two attached hydrogens (primary N) is 1. The zero-order valence-corrected chi connectivity index (χ0v) is 13.3. The van der Waals surface area contributed by atoms with E-state index in [0.29, 0.717) is 11.3 Å². The van der Waals surface area contributed by atoms with Crippen molar-refractivity contribution in [2.75, 3.05) is 5.73 Å². The molecule has 6 heteroatoms. The highest BCUT2D eigenvalue weighted by Crippen LogP contribution is 2.20. The van der Waals surface area contributed by atoms with Crippen LogP contribution in [0.15, 0.2) is 35.2 Å². The third-order valence-corrected chi connectivity index (χ3v) is 5.39. The second kappa shape index (κ2) is 5.99. The van der Waals surface area contributed by atoms with Crippen LogP contribution in [-0.2, 0) is 10.0 Å². The van der Waals surface area contributed by atoms with Crippen molar-refractivity contribution in [3.63, 3.8) is 0 Å². The van der Waals surface area contributed by atoms with E-state index in [2.05, 4.69) is 9.71 Å². The molecule has 1 aromatic heterocycles. The van der Waals surface area contributed by atoms with Gasteiger partial charge in [0, 0.05) is 11.4 Å². The fourth-order valence-corrected chi connectivity index (χ4v) is 3.46. The van der Waals surface area contributed by atoms with Crippen LogP contribution < -0.4 is 10.5 Å². The van der Waals surface area contributed by atoms with Gasteiger partial charge in [0.05, 0.1) is 10.4 Å².